The fourth-order valence-corrected chi connectivity index (χ4v) is 2.23. The third-order valence-electron chi connectivity index (χ3n) is 3.18. The van der Waals surface area contributed by atoms with Crippen molar-refractivity contribution >= 4 is 5.91 Å². The summed E-state index contributed by atoms with van der Waals surface area (Å²) in [5, 5.41) is 2.90. The van der Waals surface area contributed by atoms with Crippen LogP contribution in [0.3, 0.4) is 0 Å². The van der Waals surface area contributed by atoms with Crippen LogP contribution in [0.15, 0.2) is 18.2 Å². The van der Waals surface area contributed by atoms with Gasteiger partial charge in [0.05, 0.1) is 6.61 Å². The highest BCUT2D eigenvalue weighted by molar-refractivity contribution is 5.95. The van der Waals surface area contributed by atoms with Gasteiger partial charge in [-0.05, 0) is 39.3 Å². The van der Waals surface area contributed by atoms with Crippen molar-refractivity contribution in [2.75, 3.05) is 13.2 Å². The fourth-order valence-electron chi connectivity index (χ4n) is 2.23. The molecule has 0 saturated carbocycles. The highest BCUT2D eigenvalue weighted by Gasteiger charge is 2.32. The number of ether oxygens (including phenoxy) is 2. The zero-order valence-corrected chi connectivity index (χ0v) is 11.9. The van der Waals surface area contributed by atoms with Crippen LogP contribution in [0.5, 0.6) is 0 Å². The molecule has 1 N–H and O–H groups in total. The number of aryl methyl sites for hydroxylation is 2. The van der Waals surface area contributed by atoms with Gasteiger partial charge in [0.1, 0.15) is 6.10 Å². The van der Waals surface area contributed by atoms with E-state index in [4.69, 9.17) is 9.47 Å². The number of hydrogen-bond donors (Lipinski definition) is 1. The zero-order valence-electron chi connectivity index (χ0n) is 11.9. The molecule has 0 radical (unpaired) electrons. The Morgan fingerprint density at radius 2 is 2.16 bits per heavy atom. The Morgan fingerprint density at radius 3 is 2.74 bits per heavy atom. The number of amides is 1. The molecule has 4 nitrogen and oxygen atoms in total. The van der Waals surface area contributed by atoms with E-state index in [9.17, 15) is 4.79 Å². The summed E-state index contributed by atoms with van der Waals surface area (Å²) >= 11 is 0. The molecule has 1 atom stereocenters. The van der Waals surface area contributed by atoms with E-state index in [-0.39, 0.29) is 12.0 Å². The average Bonchev–Trinajstić information content (AvgIpc) is 2.66. The maximum Gasteiger partial charge on any atom is 0.251 e. The van der Waals surface area contributed by atoms with Gasteiger partial charge in [0.25, 0.3) is 5.91 Å². The lowest BCUT2D eigenvalue weighted by Gasteiger charge is -2.17. The van der Waals surface area contributed by atoms with Gasteiger partial charge in [-0.3, -0.25) is 4.79 Å². The molecule has 2 rings (SSSR count). The second-order valence-electron chi connectivity index (χ2n) is 5.48. The van der Waals surface area contributed by atoms with E-state index in [0.717, 1.165) is 11.1 Å². The van der Waals surface area contributed by atoms with Crippen LogP contribution in [0, 0.1) is 13.8 Å². The van der Waals surface area contributed by atoms with Crippen molar-refractivity contribution in [1.29, 1.82) is 0 Å². The first-order chi connectivity index (χ1) is 8.87. The molecule has 1 heterocycles. The lowest BCUT2D eigenvalue weighted by Crippen LogP contribution is -2.34. The van der Waals surface area contributed by atoms with Gasteiger partial charge in [0, 0.05) is 12.1 Å². The van der Waals surface area contributed by atoms with Crippen LogP contribution in [0.4, 0.5) is 0 Å². The molecule has 0 aromatic heterocycles. The first-order valence-electron chi connectivity index (χ1n) is 6.54. The van der Waals surface area contributed by atoms with Crippen LogP contribution >= 0.6 is 0 Å². The minimum atomic E-state index is -0.546. The second kappa shape index (κ2) is 5.31. The lowest BCUT2D eigenvalue weighted by atomic mass is 10.1. The van der Waals surface area contributed by atoms with Gasteiger partial charge < -0.3 is 14.8 Å². The quantitative estimate of drug-likeness (QED) is 0.909. The Balaban J connectivity index is 1.91. The molecule has 1 aliphatic heterocycles. The number of rotatable bonds is 3. The van der Waals surface area contributed by atoms with Crippen LogP contribution in [-0.4, -0.2) is 30.9 Å². The Bertz CT molecular complexity index is 482. The first-order valence-corrected chi connectivity index (χ1v) is 6.54. The van der Waals surface area contributed by atoms with Gasteiger partial charge in [0.15, 0.2) is 5.79 Å². The van der Waals surface area contributed by atoms with Crippen molar-refractivity contribution in [3.05, 3.63) is 34.9 Å². The maximum absolute atomic E-state index is 12.1. The van der Waals surface area contributed by atoms with E-state index in [1.165, 1.54) is 0 Å². The molecule has 4 heteroatoms. The summed E-state index contributed by atoms with van der Waals surface area (Å²) in [5.41, 5.74) is 2.86. The van der Waals surface area contributed by atoms with Crippen LogP contribution in [-0.2, 0) is 9.47 Å². The normalized spacial score (nSPS) is 21.4. The summed E-state index contributed by atoms with van der Waals surface area (Å²) in [4.78, 5) is 12.1. The predicted molar refractivity (Wildman–Crippen MR) is 73.2 cm³/mol. The second-order valence-corrected chi connectivity index (χ2v) is 5.48. The van der Waals surface area contributed by atoms with E-state index < -0.39 is 5.79 Å². The molecule has 1 amide bonds. The van der Waals surface area contributed by atoms with Crippen LogP contribution < -0.4 is 5.32 Å². The van der Waals surface area contributed by atoms with Gasteiger partial charge in [-0.2, -0.15) is 0 Å². The molecule has 1 aromatic carbocycles. The smallest absolute Gasteiger partial charge is 0.251 e. The third-order valence-corrected chi connectivity index (χ3v) is 3.18. The van der Waals surface area contributed by atoms with Crippen LogP contribution in [0.2, 0.25) is 0 Å². The first kappa shape index (κ1) is 14.0. The van der Waals surface area contributed by atoms with Crippen molar-refractivity contribution in [2.24, 2.45) is 0 Å². The molecular weight excluding hydrogens is 242 g/mol. The van der Waals surface area contributed by atoms with Crippen LogP contribution in [0.25, 0.3) is 0 Å². The van der Waals surface area contributed by atoms with Gasteiger partial charge in [-0.25, -0.2) is 0 Å². The molecule has 1 aromatic rings. The molecule has 1 saturated heterocycles. The number of carbonyl (C=O) groups is 1. The zero-order chi connectivity index (χ0) is 14.0. The Morgan fingerprint density at radius 1 is 1.42 bits per heavy atom. The topological polar surface area (TPSA) is 47.6 Å². The van der Waals surface area contributed by atoms with Gasteiger partial charge in [-0.1, -0.05) is 17.7 Å². The molecule has 0 aliphatic carbocycles. The summed E-state index contributed by atoms with van der Waals surface area (Å²) in [7, 11) is 0. The molecule has 19 heavy (non-hydrogen) atoms. The standard InChI is InChI=1S/C15H21NO3/c1-10-5-6-13(11(2)7-10)14(17)16-8-12-9-18-15(3,4)19-12/h5-7,12H,8-9H2,1-4H3,(H,16,17). The lowest BCUT2D eigenvalue weighted by molar-refractivity contribution is -0.137. The number of nitrogens with one attached hydrogen (secondary N) is 1. The minimum absolute atomic E-state index is 0.0641. The van der Waals surface area contributed by atoms with E-state index in [1.54, 1.807) is 0 Å². The summed E-state index contributed by atoms with van der Waals surface area (Å²) in [6.07, 6.45) is -0.0790. The number of carbonyl (C=O) groups excluding carboxylic acids is 1. The van der Waals surface area contributed by atoms with Crippen molar-refractivity contribution in [2.45, 2.75) is 39.6 Å². The van der Waals surface area contributed by atoms with Gasteiger partial charge in [0.2, 0.25) is 0 Å². The molecule has 1 unspecified atom stereocenters. The van der Waals surface area contributed by atoms with Crippen molar-refractivity contribution < 1.29 is 14.3 Å². The molecule has 1 aliphatic rings. The monoisotopic (exact) mass is 263 g/mol. The van der Waals surface area contributed by atoms with E-state index in [1.807, 2.05) is 45.9 Å². The molecular formula is C15H21NO3. The molecule has 0 spiro atoms. The number of benzene rings is 1. The molecule has 0 bridgehead atoms. The Labute approximate surface area is 114 Å². The van der Waals surface area contributed by atoms with Crippen LogP contribution in [0.1, 0.15) is 35.3 Å². The summed E-state index contributed by atoms with van der Waals surface area (Å²) in [5.74, 6) is -0.611. The Kier molecular flexibility index (Phi) is 3.92. The minimum Gasteiger partial charge on any atom is -0.349 e. The van der Waals surface area contributed by atoms with Crippen molar-refractivity contribution in [1.82, 2.24) is 5.32 Å². The highest BCUT2D eigenvalue weighted by Crippen LogP contribution is 2.21. The van der Waals surface area contributed by atoms with E-state index >= 15 is 0 Å². The summed E-state index contributed by atoms with van der Waals surface area (Å²) in [6.45, 7) is 8.69. The summed E-state index contributed by atoms with van der Waals surface area (Å²) < 4.78 is 11.1. The maximum atomic E-state index is 12.1. The molecule has 1 fully saturated rings. The van der Waals surface area contributed by atoms with Crippen molar-refractivity contribution in [3.63, 3.8) is 0 Å². The highest BCUT2D eigenvalue weighted by atomic mass is 16.7. The largest absolute Gasteiger partial charge is 0.349 e. The summed E-state index contributed by atoms with van der Waals surface area (Å²) in [6, 6.07) is 5.81. The van der Waals surface area contributed by atoms with E-state index in [0.29, 0.717) is 18.7 Å². The predicted octanol–water partition coefficient (Wildman–Crippen LogP) is 2.18. The average molecular weight is 263 g/mol. The molecule has 104 valence electrons. The SMILES string of the molecule is Cc1ccc(C(=O)NCC2COC(C)(C)O2)c(C)c1. The third kappa shape index (κ3) is 3.55. The van der Waals surface area contributed by atoms with Gasteiger partial charge in [-0.15, -0.1) is 0 Å². The van der Waals surface area contributed by atoms with E-state index in [2.05, 4.69) is 5.32 Å². The Hall–Kier alpha value is -1.39. The number of hydrogen-bond acceptors (Lipinski definition) is 3. The van der Waals surface area contributed by atoms with Crippen molar-refractivity contribution in [3.8, 4) is 0 Å². The fraction of sp³-hybridized carbons (Fsp3) is 0.533. The van der Waals surface area contributed by atoms with Gasteiger partial charge >= 0.3 is 0 Å².